The highest BCUT2D eigenvalue weighted by atomic mass is 16.3. The molecule has 0 amide bonds. The minimum absolute atomic E-state index is 0.00431. The van der Waals surface area contributed by atoms with E-state index in [4.69, 9.17) is 0 Å². The quantitative estimate of drug-likeness (QED) is 0.625. The van der Waals surface area contributed by atoms with Crippen molar-refractivity contribution in [3.63, 3.8) is 0 Å². The van der Waals surface area contributed by atoms with Crippen molar-refractivity contribution in [2.24, 2.45) is 51.8 Å². The van der Waals surface area contributed by atoms with Crippen LogP contribution in [0.5, 0.6) is 0 Å². The summed E-state index contributed by atoms with van der Waals surface area (Å²) in [5.74, 6) is 5.61. The van der Waals surface area contributed by atoms with Gasteiger partial charge in [0, 0.05) is 10.8 Å². The number of hydrogen-bond donors (Lipinski definition) is 1. The fourth-order valence-electron chi connectivity index (χ4n) is 11.3. The fourth-order valence-corrected chi connectivity index (χ4v) is 11.3. The van der Waals surface area contributed by atoms with Crippen LogP contribution < -0.4 is 0 Å². The zero-order valence-electron chi connectivity index (χ0n) is 17.4. The van der Waals surface area contributed by atoms with Gasteiger partial charge in [-0.25, -0.2) is 0 Å². The Hall–Kier alpha value is -0.0400. The normalized spacial score (nSPS) is 56.8. The maximum atomic E-state index is 13.1. The molecule has 0 aromatic heterocycles. The summed E-state index contributed by atoms with van der Waals surface area (Å²) in [6, 6.07) is 0. The molecule has 8 bridgehead atoms. The Balaban J connectivity index is 1.49. The van der Waals surface area contributed by atoms with E-state index in [0.29, 0.717) is 0 Å². The van der Waals surface area contributed by atoms with Crippen LogP contribution in [-0.2, 0) is 0 Å². The van der Waals surface area contributed by atoms with E-state index in [-0.39, 0.29) is 16.2 Å². The molecule has 1 N–H and O–H groups in total. The van der Waals surface area contributed by atoms with Crippen LogP contribution in [0.2, 0.25) is 0 Å². The molecule has 146 valence electrons. The second-order valence-electron chi connectivity index (χ2n) is 13.4. The molecule has 8 aliphatic rings. The molecule has 0 unspecified atom stereocenters. The third-order valence-electron chi connectivity index (χ3n) is 10.7. The van der Waals surface area contributed by atoms with Crippen LogP contribution in [0.25, 0.3) is 0 Å². The van der Waals surface area contributed by atoms with Crippen LogP contribution in [0.15, 0.2) is 0 Å². The lowest BCUT2D eigenvalue weighted by Gasteiger charge is -2.73. The molecule has 8 aliphatic carbocycles. The number of aliphatic hydroxyl groups is 1. The largest absolute Gasteiger partial charge is 0.388 e. The van der Waals surface area contributed by atoms with Crippen LogP contribution in [0.1, 0.15) is 97.8 Å². The van der Waals surface area contributed by atoms with Crippen molar-refractivity contribution in [3.8, 4) is 0 Å². The van der Waals surface area contributed by atoms with E-state index in [1.165, 1.54) is 77.0 Å². The van der Waals surface area contributed by atoms with Crippen molar-refractivity contribution in [2.45, 2.75) is 103 Å². The second kappa shape index (κ2) is 4.92. The summed E-state index contributed by atoms with van der Waals surface area (Å²) in [7, 11) is 0. The smallest absolute Gasteiger partial charge is 0.0808 e. The maximum Gasteiger partial charge on any atom is 0.0808 e. The molecule has 8 rings (SSSR count). The minimum atomic E-state index is -0.445. The summed E-state index contributed by atoms with van der Waals surface area (Å²) < 4.78 is 0. The van der Waals surface area contributed by atoms with Crippen molar-refractivity contribution >= 4 is 0 Å². The Labute approximate surface area is 160 Å². The SMILES string of the molecule is CC(C)(C)C(O)(C12CC3CC(CC(C3)C1)C2)C12CC3CC(CC(C3)C1)C2. The van der Waals surface area contributed by atoms with E-state index >= 15 is 0 Å². The summed E-state index contributed by atoms with van der Waals surface area (Å²) in [5, 5.41) is 13.1. The summed E-state index contributed by atoms with van der Waals surface area (Å²) >= 11 is 0. The first-order valence-electron chi connectivity index (χ1n) is 11.9. The third kappa shape index (κ3) is 1.93. The zero-order chi connectivity index (χ0) is 17.9. The lowest BCUT2D eigenvalue weighted by atomic mass is 9.33. The van der Waals surface area contributed by atoms with Crippen LogP contribution in [-0.4, -0.2) is 10.7 Å². The first-order valence-corrected chi connectivity index (χ1v) is 11.9. The van der Waals surface area contributed by atoms with Crippen LogP contribution >= 0.6 is 0 Å². The molecule has 0 saturated heterocycles. The molecule has 26 heavy (non-hydrogen) atoms. The average Bonchev–Trinajstić information content (AvgIpc) is 2.50. The topological polar surface area (TPSA) is 20.2 Å². The highest BCUT2D eigenvalue weighted by molar-refractivity contribution is 5.22. The van der Waals surface area contributed by atoms with E-state index < -0.39 is 5.60 Å². The molecule has 0 radical (unpaired) electrons. The first-order chi connectivity index (χ1) is 12.2. The molecule has 0 aromatic carbocycles. The Morgan fingerprint density at radius 3 is 0.962 bits per heavy atom. The Morgan fingerprint density at radius 1 is 0.538 bits per heavy atom. The van der Waals surface area contributed by atoms with E-state index in [2.05, 4.69) is 20.8 Å². The van der Waals surface area contributed by atoms with Crippen molar-refractivity contribution in [1.29, 1.82) is 0 Å². The zero-order valence-corrected chi connectivity index (χ0v) is 17.4. The Bertz CT molecular complexity index is 494. The monoisotopic (exact) mass is 356 g/mol. The molecular formula is C25H40O. The fraction of sp³-hybridized carbons (Fsp3) is 1.00. The standard InChI is InChI=1S/C25H40O/c1-22(2,3)25(26,23-10-16-4-17(11-23)6-18(5-16)12-23)24-13-19-7-20(14-24)9-21(8-19)15-24/h16-21,26H,4-15H2,1-3H3. The molecule has 0 aliphatic heterocycles. The van der Waals surface area contributed by atoms with Gasteiger partial charge in [-0.1, -0.05) is 20.8 Å². The van der Waals surface area contributed by atoms with Gasteiger partial charge in [-0.2, -0.15) is 0 Å². The molecule has 8 saturated carbocycles. The van der Waals surface area contributed by atoms with Gasteiger partial charge in [0.25, 0.3) is 0 Å². The van der Waals surface area contributed by atoms with Gasteiger partial charge in [-0.05, 0) is 118 Å². The van der Waals surface area contributed by atoms with Crippen LogP contribution in [0, 0.1) is 51.8 Å². The molecule has 0 atom stereocenters. The van der Waals surface area contributed by atoms with Crippen molar-refractivity contribution in [2.75, 3.05) is 0 Å². The van der Waals surface area contributed by atoms with E-state index in [1.54, 1.807) is 0 Å². The second-order valence-corrected chi connectivity index (χ2v) is 13.4. The number of rotatable bonds is 2. The highest BCUT2D eigenvalue weighted by Gasteiger charge is 2.72. The van der Waals surface area contributed by atoms with Crippen molar-refractivity contribution in [1.82, 2.24) is 0 Å². The van der Waals surface area contributed by atoms with Gasteiger partial charge >= 0.3 is 0 Å². The maximum absolute atomic E-state index is 13.1. The number of hydrogen-bond acceptors (Lipinski definition) is 1. The Kier molecular flexibility index (Phi) is 3.19. The predicted molar refractivity (Wildman–Crippen MR) is 106 cm³/mol. The van der Waals surface area contributed by atoms with Gasteiger partial charge in [-0.3, -0.25) is 0 Å². The third-order valence-corrected chi connectivity index (χ3v) is 10.7. The van der Waals surface area contributed by atoms with Gasteiger partial charge < -0.3 is 5.11 Å². The van der Waals surface area contributed by atoms with Crippen molar-refractivity contribution in [3.05, 3.63) is 0 Å². The van der Waals surface area contributed by atoms with Gasteiger partial charge in [0.2, 0.25) is 0 Å². The Morgan fingerprint density at radius 2 is 0.769 bits per heavy atom. The van der Waals surface area contributed by atoms with Gasteiger partial charge in [0.1, 0.15) is 0 Å². The van der Waals surface area contributed by atoms with Crippen LogP contribution in [0.3, 0.4) is 0 Å². The van der Waals surface area contributed by atoms with Crippen molar-refractivity contribution < 1.29 is 5.11 Å². The van der Waals surface area contributed by atoms with Gasteiger partial charge in [0.15, 0.2) is 0 Å². The van der Waals surface area contributed by atoms with Crippen LogP contribution in [0.4, 0.5) is 0 Å². The molecule has 1 nitrogen and oxygen atoms in total. The predicted octanol–water partition coefficient (Wildman–Crippen LogP) is 6.20. The summed E-state index contributed by atoms with van der Waals surface area (Å²) in [6.45, 7) is 7.22. The van der Waals surface area contributed by atoms with E-state index in [1.807, 2.05) is 0 Å². The molecule has 8 fully saturated rings. The molecule has 1 heteroatoms. The summed E-state index contributed by atoms with van der Waals surface area (Å²) in [5.41, 5.74) is 0.0424. The van der Waals surface area contributed by atoms with E-state index in [0.717, 1.165) is 35.5 Å². The first kappa shape index (κ1) is 16.9. The molecule has 0 spiro atoms. The summed E-state index contributed by atoms with van der Waals surface area (Å²) in [6.07, 6.45) is 17.1. The van der Waals surface area contributed by atoms with Gasteiger partial charge in [0.05, 0.1) is 5.60 Å². The molecule has 0 heterocycles. The molecule has 0 aromatic rings. The molecular weight excluding hydrogens is 316 g/mol. The minimum Gasteiger partial charge on any atom is -0.388 e. The lowest BCUT2D eigenvalue weighted by Crippen LogP contribution is -2.73. The van der Waals surface area contributed by atoms with E-state index in [9.17, 15) is 5.11 Å². The highest BCUT2D eigenvalue weighted by Crippen LogP contribution is 2.75. The van der Waals surface area contributed by atoms with Gasteiger partial charge in [-0.15, -0.1) is 0 Å². The summed E-state index contributed by atoms with van der Waals surface area (Å²) in [4.78, 5) is 0. The lowest BCUT2D eigenvalue weighted by molar-refractivity contribution is -0.307. The average molecular weight is 357 g/mol.